The number of nitrogens with one attached hydrogen (secondary N) is 3. The minimum Gasteiger partial charge on any atom is -0.480 e. The van der Waals surface area contributed by atoms with Gasteiger partial charge in [0.15, 0.2) is 17.2 Å². The van der Waals surface area contributed by atoms with Crippen molar-refractivity contribution in [2.75, 3.05) is 21.0 Å². The second-order valence-electron chi connectivity index (χ2n) is 15.0. The van der Waals surface area contributed by atoms with E-state index in [1.54, 1.807) is 36.4 Å². The van der Waals surface area contributed by atoms with Crippen molar-refractivity contribution < 1.29 is 19.1 Å². The highest BCUT2D eigenvalue weighted by Crippen LogP contribution is 2.43. The van der Waals surface area contributed by atoms with Gasteiger partial charge in [-0.15, -0.1) is 16.9 Å². The van der Waals surface area contributed by atoms with Crippen molar-refractivity contribution in [3.63, 3.8) is 0 Å². The summed E-state index contributed by atoms with van der Waals surface area (Å²) >= 11 is 27.1. The van der Waals surface area contributed by atoms with Gasteiger partial charge in [-0.05, 0) is 84.2 Å². The molecule has 3 amide bonds. The zero-order valence-electron chi connectivity index (χ0n) is 33.2. The van der Waals surface area contributed by atoms with Gasteiger partial charge in [0, 0.05) is 28.1 Å². The number of thioether (sulfide) groups is 1. The molecule has 0 aromatic heterocycles. The van der Waals surface area contributed by atoms with Gasteiger partial charge in [0.1, 0.15) is 11.4 Å². The van der Waals surface area contributed by atoms with Crippen molar-refractivity contribution in [2.45, 2.75) is 102 Å². The van der Waals surface area contributed by atoms with Gasteiger partial charge in [-0.2, -0.15) is 5.01 Å². The molecule has 0 bridgehead atoms. The van der Waals surface area contributed by atoms with E-state index in [0.717, 1.165) is 35.2 Å². The molecular weight excluding hydrogens is 824 g/mol. The topological polar surface area (TPSA) is 112 Å². The average Bonchev–Trinajstić information content (AvgIpc) is 3.44. The lowest BCUT2D eigenvalue weighted by atomic mass is 9.76. The number of benzene rings is 4. The zero-order chi connectivity index (χ0) is 41.8. The number of rotatable bonds is 14. The maximum atomic E-state index is 14.3. The van der Waals surface area contributed by atoms with E-state index in [-0.39, 0.29) is 49.2 Å². The maximum Gasteiger partial charge on any atom is 0.268 e. The van der Waals surface area contributed by atoms with Crippen molar-refractivity contribution in [1.82, 2.24) is 0 Å². The lowest BCUT2D eigenvalue weighted by molar-refractivity contribution is -0.123. The van der Waals surface area contributed by atoms with E-state index in [0.29, 0.717) is 39.2 Å². The van der Waals surface area contributed by atoms with Gasteiger partial charge in [-0.1, -0.05) is 119 Å². The van der Waals surface area contributed by atoms with Gasteiger partial charge in [0.25, 0.3) is 11.8 Å². The van der Waals surface area contributed by atoms with E-state index in [4.69, 9.17) is 51.1 Å². The maximum absolute atomic E-state index is 14.3. The Morgan fingerprint density at radius 2 is 1.51 bits per heavy atom. The Morgan fingerprint density at radius 3 is 2.14 bits per heavy atom. The molecular formula is C43H47Cl4N5O4S. The predicted molar refractivity (Wildman–Crippen MR) is 238 cm³/mol. The van der Waals surface area contributed by atoms with Gasteiger partial charge in [0.05, 0.1) is 26.4 Å². The van der Waals surface area contributed by atoms with Crippen molar-refractivity contribution in [2.24, 2.45) is 5.10 Å². The van der Waals surface area contributed by atoms with Crippen LogP contribution in [-0.2, 0) is 25.2 Å². The molecule has 4 aromatic rings. The minimum absolute atomic E-state index is 0.0197. The molecule has 0 saturated heterocycles. The fraction of sp³-hybridized carbons (Fsp3) is 0.349. The van der Waals surface area contributed by atoms with Crippen LogP contribution in [0.15, 0.2) is 82.8 Å². The van der Waals surface area contributed by atoms with Crippen molar-refractivity contribution in [3.8, 4) is 5.75 Å². The van der Waals surface area contributed by atoms with Gasteiger partial charge in [-0.25, -0.2) is 0 Å². The molecule has 302 valence electrons. The lowest BCUT2D eigenvalue weighted by Gasteiger charge is -2.31. The van der Waals surface area contributed by atoms with Crippen LogP contribution in [-0.4, -0.2) is 34.9 Å². The summed E-state index contributed by atoms with van der Waals surface area (Å²) in [6.45, 7) is 16.5. The van der Waals surface area contributed by atoms with E-state index >= 15 is 0 Å². The monoisotopic (exact) mass is 869 g/mol. The third-order valence-corrected chi connectivity index (χ3v) is 12.6. The Morgan fingerprint density at radius 1 is 0.842 bits per heavy atom. The Labute approximate surface area is 359 Å². The molecule has 3 N–H and O–H groups in total. The summed E-state index contributed by atoms with van der Waals surface area (Å²) in [7, 11) is 0. The van der Waals surface area contributed by atoms with Crippen LogP contribution in [0.1, 0.15) is 85.8 Å². The van der Waals surface area contributed by atoms with Crippen LogP contribution in [0.2, 0.25) is 20.1 Å². The molecule has 2 unspecified atom stereocenters. The first-order valence-corrected chi connectivity index (χ1v) is 21.1. The first-order valence-electron chi connectivity index (χ1n) is 18.7. The van der Waals surface area contributed by atoms with E-state index in [2.05, 4.69) is 74.7 Å². The number of para-hydroxylation sites is 1. The number of carbonyl (C=O) groups excluding carboxylic acids is 3. The fourth-order valence-electron chi connectivity index (χ4n) is 6.04. The second-order valence-corrected chi connectivity index (χ2v) is 17.8. The number of ether oxygens (including phenoxy) is 1. The third kappa shape index (κ3) is 10.2. The van der Waals surface area contributed by atoms with Crippen LogP contribution in [0.3, 0.4) is 0 Å². The van der Waals surface area contributed by atoms with Crippen LogP contribution in [0.25, 0.3) is 0 Å². The third-order valence-electron chi connectivity index (χ3n) is 10.2. The van der Waals surface area contributed by atoms with E-state index in [1.807, 2.05) is 19.1 Å². The van der Waals surface area contributed by atoms with Gasteiger partial charge in [-0.3, -0.25) is 14.4 Å². The number of carbonyl (C=O) groups is 3. The van der Waals surface area contributed by atoms with E-state index < -0.39 is 17.3 Å². The minimum atomic E-state index is -0.991. The smallest absolute Gasteiger partial charge is 0.268 e. The summed E-state index contributed by atoms with van der Waals surface area (Å²) in [5.41, 5.74) is 3.55. The Kier molecular flexibility index (Phi) is 14.2. The standard InChI is InChI=1S/C43H47Cl4N5O4S/c1-9-34(56-35-19-16-25(42(5,6)10-2)20-28(35)43(7,8)11-3)40(54)50-32-14-12-13-15-36(32)57-38-39(49-33-23-27(48-24(4)53)17-18-29(33)45)51-52(41(38)55)37-30(46)21-26(44)22-31(37)47/h12-23,34,38H,9-11H2,1-8H3,(H,48,53)(H,49,51)(H,50,54). The molecule has 4 aromatic carbocycles. The van der Waals surface area contributed by atoms with Crippen molar-refractivity contribution in [1.29, 1.82) is 0 Å². The van der Waals surface area contributed by atoms with E-state index in [1.165, 1.54) is 24.6 Å². The molecule has 1 heterocycles. The lowest BCUT2D eigenvalue weighted by Crippen LogP contribution is -2.34. The highest BCUT2D eigenvalue weighted by Gasteiger charge is 2.40. The molecule has 14 heteroatoms. The summed E-state index contributed by atoms with van der Waals surface area (Å²) in [5.74, 6) is -0.204. The molecule has 0 saturated carbocycles. The first kappa shape index (κ1) is 44.2. The number of nitrogens with zero attached hydrogens (tertiary/aromatic N) is 2. The van der Waals surface area contributed by atoms with Crippen LogP contribution < -0.4 is 25.7 Å². The van der Waals surface area contributed by atoms with Gasteiger partial charge in [0.2, 0.25) is 5.91 Å². The SMILES string of the molecule is CCC(Oc1ccc(C(C)(C)CC)cc1C(C)(C)CC)C(=O)Nc1ccccc1SC1C(=O)N(c2c(Cl)cc(Cl)cc2Cl)N=C1Nc1cc(NC(C)=O)ccc1Cl. The largest absolute Gasteiger partial charge is 0.480 e. The summed E-state index contributed by atoms with van der Waals surface area (Å²) in [5, 5.41) is 14.6. The van der Waals surface area contributed by atoms with Gasteiger partial charge >= 0.3 is 0 Å². The summed E-state index contributed by atoms with van der Waals surface area (Å²) < 4.78 is 6.55. The van der Waals surface area contributed by atoms with Crippen LogP contribution >= 0.6 is 58.2 Å². The highest BCUT2D eigenvalue weighted by atomic mass is 35.5. The number of hydrogen-bond donors (Lipinski definition) is 3. The molecule has 0 radical (unpaired) electrons. The normalized spacial score (nSPS) is 14.9. The Bertz CT molecular complexity index is 2190. The molecule has 2 atom stereocenters. The average molecular weight is 872 g/mol. The van der Waals surface area contributed by atoms with Gasteiger partial charge < -0.3 is 20.7 Å². The van der Waals surface area contributed by atoms with Crippen LogP contribution in [0, 0.1) is 0 Å². The molecule has 57 heavy (non-hydrogen) atoms. The fourth-order valence-corrected chi connectivity index (χ4v) is 8.25. The molecule has 0 fully saturated rings. The molecule has 1 aliphatic heterocycles. The molecule has 1 aliphatic rings. The quantitative estimate of drug-likeness (QED) is 0.116. The molecule has 5 rings (SSSR count). The first-order chi connectivity index (χ1) is 26.9. The molecule has 0 spiro atoms. The number of amidine groups is 1. The Balaban J connectivity index is 1.46. The predicted octanol–water partition coefficient (Wildman–Crippen LogP) is 12.4. The molecule has 0 aliphatic carbocycles. The molecule has 9 nitrogen and oxygen atoms in total. The number of hydrogen-bond acceptors (Lipinski definition) is 7. The Hall–Kier alpha value is -3.93. The van der Waals surface area contributed by atoms with E-state index in [9.17, 15) is 14.4 Å². The van der Waals surface area contributed by atoms with Crippen molar-refractivity contribution >= 4 is 104 Å². The summed E-state index contributed by atoms with van der Waals surface area (Å²) in [4.78, 5) is 40.8. The number of amides is 3. The highest BCUT2D eigenvalue weighted by molar-refractivity contribution is 8.01. The number of hydrazone groups is 1. The van der Waals surface area contributed by atoms with Crippen molar-refractivity contribution in [3.05, 3.63) is 104 Å². The number of halogens is 4. The second kappa shape index (κ2) is 18.3. The zero-order valence-corrected chi connectivity index (χ0v) is 37.0. The number of anilines is 4. The summed E-state index contributed by atoms with van der Waals surface area (Å²) in [6.07, 6.45) is 1.46. The van der Waals surface area contributed by atoms with Crippen LogP contribution in [0.4, 0.5) is 22.7 Å². The summed E-state index contributed by atoms with van der Waals surface area (Å²) in [6, 6.07) is 21.3. The van der Waals surface area contributed by atoms with Crippen LogP contribution in [0.5, 0.6) is 5.75 Å².